The monoisotopic (exact) mass is 343 g/mol. The molecule has 1 amide bonds. The van der Waals surface area contributed by atoms with E-state index in [-0.39, 0.29) is 12.1 Å². The molecule has 1 aromatic rings. The van der Waals surface area contributed by atoms with Crippen molar-refractivity contribution in [1.29, 1.82) is 0 Å². The Balaban J connectivity index is 2.09. The molecule has 0 fully saturated rings. The van der Waals surface area contributed by atoms with Gasteiger partial charge in [0.25, 0.3) is 0 Å². The number of alkyl carbamates (subject to hydrolysis) is 1. The number of amides is 1. The van der Waals surface area contributed by atoms with Gasteiger partial charge < -0.3 is 10.1 Å². The van der Waals surface area contributed by atoms with Gasteiger partial charge in [-0.15, -0.1) is 0 Å². The molecule has 0 saturated carbocycles. The molecule has 0 radical (unpaired) electrons. The van der Waals surface area contributed by atoms with E-state index in [0.717, 1.165) is 16.0 Å². The van der Waals surface area contributed by atoms with Crippen LogP contribution in [0, 0.1) is 0 Å². The van der Waals surface area contributed by atoms with Crippen LogP contribution >= 0.6 is 27.7 Å². The topological polar surface area (TPSA) is 38.3 Å². The second-order valence-corrected chi connectivity index (χ2v) is 7.50. The Hall–Kier alpha value is -0.680. The first-order chi connectivity index (χ1) is 8.85. The molecule has 1 N–H and O–H groups in total. The number of carbonyl (C=O) groups is 1. The lowest BCUT2D eigenvalue weighted by atomic mass is 10.0. The SMILES string of the molecule is CC(C)(C)OC(=O)N[C@H]1CSCc2cc(Br)ccc21. The first-order valence-electron chi connectivity index (χ1n) is 6.21. The first kappa shape index (κ1) is 14.7. The summed E-state index contributed by atoms with van der Waals surface area (Å²) in [5.41, 5.74) is 1.99. The summed E-state index contributed by atoms with van der Waals surface area (Å²) < 4.78 is 6.38. The molecule has 2 rings (SSSR count). The average molecular weight is 344 g/mol. The third kappa shape index (κ3) is 4.14. The van der Waals surface area contributed by atoms with Gasteiger partial charge in [-0.3, -0.25) is 0 Å². The summed E-state index contributed by atoms with van der Waals surface area (Å²) in [6, 6.07) is 6.22. The highest BCUT2D eigenvalue weighted by Gasteiger charge is 2.24. The standard InChI is InChI=1S/C14H18BrNO2S/c1-14(2,3)18-13(17)16-12-8-19-7-9-6-10(15)4-5-11(9)12/h4-6,12H,7-8H2,1-3H3,(H,16,17)/t12-/m0/s1. The predicted octanol–water partition coefficient (Wildman–Crippen LogP) is 4.26. The fourth-order valence-corrected chi connectivity index (χ4v) is 3.48. The van der Waals surface area contributed by atoms with Gasteiger partial charge in [-0.25, -0.2) is 4.79 Å². The summed E-state index contributed by atoms with van der Waals surface area (Å²) in [5.74, 6) is 1.87. The van der Waals surface area contributed by atoms with Gasteiger partial charge in [0, 0.05) is 16.0 Å². The van der Waals surface area contributed by atoms with Crippen LogP contribution in [0.2, 0.25) is 0 Å². The fraction of sp³-hybridized carbons (Fsp3) is 0.500. The van der Waals surface area contributed by atoms with Gasteiger partial charge >= 0.3 is 6.09 Å². The summed E-state index contributed by atoms with van der Waals surface area (Å²) in [4.78, 5) is 11.9. The predicted molar refractivity (Wildman–Crippen MR) is 82.4 cm³/mol. The van der Waals surface area contributed by atoms with Crippen molar-refractivity contribution in [1.82, 2.24) is 5.32 Å². The first-order valence-corrected chi connectivity index (χ1v) is 8.15. The molecular formula is C14H18BrNO2S. The summed E-state index contributed by atoms with van der Waals surface area (Å²) in [6.45, 7) is 5.60. The van der Waals surface area contributed by atoms with Crippen molar-refractivity contribution in [2.24, 2.45) is 0 Å². The average Bonchev–Trinajstić information content (AvgIpc) is 2.26. The highest BCUT2D eigenvalue weighted by atomic mass is 79.9. The van der Waals surface area contributed by atoms with Crippen LogP contribution in [0.3, 0.4) is 0 Å². The van der Waals surface area contributed by atoms with Crippen molar-refractivity contribution in [2.45, 2.75) is 38.2 Å². The quantitative estimate of drug-likeness (QED) is 0.827. The second kappa shape index (κ2) is 5.75. The molecule has 0 spiro atoms. The molecule has 0 saturated heterocycles. The van der Waals surface area contributed by atoms with Crippen LogP contribution in [-0.2, 0) is 10.5 Å². The maximum Gasteiger partial charge on any atom is 0.408 e. The molecule has 3 nitrogen and oxygen atoms in total. The lowest BCUT2D eigenvalue weighted by Crippen LogP contribution is -2.37. The van der Waals surface area contributed by atoms with E-state index in [0.29, 0.717) is 0 Å². The molecule has 1 aromatic carbocycles. The van der Waals surface area contributed by atoms with Crippen LogP contribution in [0.15, 0.2) is 22.7 Å². The molecule has 0 bridgehead atoms. The molecule has 1 aliphatic heterocycles. The highest BCUT2D eigenvalue weighted by molar-refractivity contribution is 9.10. The van der Waals surface area contributed by atoms with E-state index in [4.69, 9.17) is 4.74 Å². The van der Waals surface area contributed by atoms with E-state index in [1.54, 1.807) is 0 Å². The number of hydrogen-bond donors (Lipinski definition) is 1. The number of thioether (sulfide) groups is 1. The zero-order chi connectivity index (χ0) is 14.0. The number of benzene rings is 1. The lowest BCUT2D eigenvalue weighted by Gasteiger charge is -2.28. The zero-order valence-electron chi connectivity index (χ0n) is 11.3. The van der Waals surface area contributed by atoms with Gasteiger partial charge in [0.15, 0.2) is 0 Å². The number of fused-ring (bicyclic) bond motifs is 1. The Kier molecular flexibility index (Phi) is 4.46. The number of ether oxygens (including phenoxy) is 1. The Bertz CT molecular complexity index is 485. The molecule has 19 heavy (non-hydrogen) atoms. The summed E-state index contributed by atoms with van der Waals surface area (Å²) in [6.07, 6.45) is -0.353. The Morgan fingerprint density at radius 3 is 2.89 bits per heavy atom. The Morgan fingerprint density at radius 2 is 2.21 bits per heavy atom. The normalized spacial score (nSPS) is 18.6. The van der Waals surface area contributed by atoms with E-state index in [2.05, 4.69) is 33.4 Å². The van der Waals surface area contributed by atoms with Crippen molar-refractivity contribution >= 4 is 33.8 Å². The van der Waals surface area contributed by atoms with E-state index in [1.165, 1.54) is 11.1 Å². The van der Waals surface area contributed by atoms with Crippen LogP contribution in [0.4, 0.5) is 4.79 Å². The number of carbonyl (C=O) groups excluding carboxylic acids is 1. The van der Waals surface area contributed by atoms with Crippen molar-refractivity contribution in [2.75, 3.05) is 5.75 Å². The molecule has 0 aliphatic carbocycles. The fourth-order valence-electron chi connectivity index (χ4n) is 1.99. The molecule has 0 aromatic heterocycles. The van der Waals surface area contributed by atoms with Gasteiger partial charge in [-0.05, 0) is 44.0 Å². The molecular weight excluding hydrogens is 326 g/mol. The van der Waals surface area contributed by atoms with Crippen molar-refractivity contribution in [3.05, 3.63) is 33.8 Å². The van der Waals surface area contributed by atoms with Crippen LogP contribution in [0.1, 0.15) is 37.9 Å². The smallest absolute Gasteiger partial charge is 0.408 e. The number of rotatable bonds is 1. The largest absolute Gasteiger partial charge is 0.444 e. The number of nitrogens with one attached hydrogen (secondary N) is 1. The summed E-state index contributed by atoms with van der Waals surface area (Å²) in [5, 5.41) is 2.95. The highest BCUT2D eigenvalue weighted by Crippen LogP contribution is 2.33. The minimum atomic E-state index is -0.464. The van der Waals surface area contributed by atoms with Crippen LogP contribution < -0.4 is 5.32 Å². The van der Waals surface area contributed by atoms with Crippen LogP contribution in [-0.4, -0.2) is 17.4 Å². The van der Waals surface area contributed by atoms with Gasteiger partial charge in [0.2, 0.25) is 0 Å². The maximum atomic E-state index is 11.9. The van der Waals surface area contributed by atoms with E-state index >= 15 is 0 Å². The van der Waals surface area contributed by atoms with Crippen LogP contribution in [0.5, 0.6) is 0 Å². The van der Waals surface area contributed by atoms with Crippen molar-refractivity contribution in [3.8, 4) is 0 Å². The molecule has 0 unspecified atom stereocenters. The van der Waals surface area contributed by atoms with E-state index in [9.17, 15) is 4.79 Å². The molecule has 1 heterocycles. The zero-order valence-corrected chi connectivity index (χ0v) is 13.7. The van der Waals surface area contributed by atoms with Crippen molar-refractivity contribution in [3.63, 3.8) is 0 Å². The minimum Gasteiger partial charge on any atom is -0.444 e. The van der Waals surface area contributed by atoms with Crippen LogP contribution in [0.25, 0.3) is 0 Å². The third-order valence-corrected chi connectivity index (χ3v) is 4.29. The lowest BCUT2D eigenvalue weighted by molar-refractivity contribution is 0.0508. The maximum absolute atomic E-state index is 11.9. The van der Waals surface area contributed by atoms with Gasteiger partial charge in [-0.1, -0.05) is 22.0 Å². The third-order valence-electron chi connectivity index (χ3n) is 2.71. The summed E-state index contributed by atoms with van der Waals surface area (Å²) >= 11 is 5.30. The number of halogens is 1. The van der Waals surface area contributed by atoms with Gasteiger partial charge in [0.05, 0.1) is 6.04 Å². The molecule has 5 heteroatoms. The number of hydrogen-bond acceptors (Lipinski definition) is 3. The second-order valence-electron chi connectivity index (χ2n) is 5.56. The van der Waals surface area contributed by atoms with Gasteiger partial charge in [0.1, 0.15) is 5.60 Å². The Morgan fingerprint density at radius 1 is 1.47 bits per heavy atom. The minimum absolute atomic E-state index is 0.0247. The van der Waals surface area contributed by atoms with E-state index < -0.39 is 5.60 Å². The van der Waals surface area contributed by atoms with E-state index in [1.807, 2.05) is 38.6 Å². The Labute approximate surface area is 126 Å². The summed E-state index contributed by atoms with van der Waals surface area (Å²) in [7, 11) is 0. The van der Waals surface area contributed by atoms with Gasteiger partial charge in [-0.2, -0.15) is 11.8 Å². The van der Waals surface area contributed by atoms with Crippen molar-refractivity contribution < 1.29 is 9.53 Å². The molecule has 1 atom stereocenters. The molecule has 104 valence electrons. The molecule has 1 aliphatic rings.